The number of hydrogen-bond acceptors (Lipinski definition) is 2. The molecular formula is C11H15N3O. The molecule has 0 unspecified atom stereocenters. The van der Waals surface area contributed by atoms with Crippen LogP contribution in [0.25, 0.3) is 0 Å². The Labute approximate surface area is 88.4 Å². The number of rotatable bonds is 4. The maximum Gasteiger partial charge on any atom is 0.223 e. The van der Waals surface area contributed by atoms with Gasteiger partial charge < -0.3 is 5.32 Å². The van der Waals surface area contributed by atoms with Gasteiger partial charge in [-0.05, 0) is 37.2 Å². The summed E-state index contributed by atoms with van der Waals surface area (Å²) in [7, 11) is 0. The Morgan fingerprint density at radius 1 is 1.47 bits per heavy atom. The van der Waals surface area contributed by atoms with E-state index in [1.165, 1.54) is 18.4 Å². The first-order valence-corrected chi connectivity index (χ1v) is 5.64. The summed E-state index contributed by atoms with van der Waals surface area (Å²) in [4.78, 5) is 11.5. The van der Waals surface area contributed by atoms with Crippen LogP contribution in [-0.4, -0.2) is 16.1 Å². The molecule has 0 saturated heterocycles. The van der Waals surface area contributed by atoms with Gasteiger partial charge in [0.15, 0.2) is 0 Å². The molecule has 0 spiro atoms. The minimum Gasteiger partial charge on any atom is -0.350 e. The first-order valence-electron chi connectivity index (χ1n) is 5.64. The van der Waals surface area contributed by atoms with Gasteiger partial charge in [-0.2, -0.15) is 5.10 Å². The molecule has 0 bridgehead atoms. The van der Waals surface area contributed by atoms with Crippen molar-refractivity contribution in [3.8, 4) is 0 Å². The van der Waals surface area contributed by atoms with Gasteiger partial charge in [0.1, 0.15) is 0 Å². The normalized spacial score (nSPS) is 20.3. The Hall–Kier alpha value is -1.32. The van der Waals surface area contributed by atoms with E-state index in [9.17, 15) is 4.79 Å². The van der Waals surface area contributed by atoms with E-state index in [1.54, 1.807) is 0 Å². The number of hydrogen-bond donors (Lipinski definition) is 2. The molecule has 4 heteroatoms. The largest absolute Gasteiger partial charge is 0.350 e. The van der Waals surface area contributed by atoms with E-state index in [4.69, 9.17) is 0 Å². The average Bonchev–Trinajstić information content (AvgIpc) is 3.12. The Kier molecular flexibility index (Phi) is 2.01. The second-order valence-corrected chi connectivity index (χ2v) is 4.57. The monoisotopic (exact) mass is 205 g/mol. The molecule has 2 aliphatic carbocycles. The molecule has 2 N–H and O–H groups in total. The number of nitrogens with one attached hydrogen (secondary N) is 2. The fourth-order valence-electron chi connectivity index (χ4n) is 1.88. The molecular weight excluding hydrogens is 190 g/mol. The van der Waals surface area contributed by atoms with Crippen molar-refractivity contribution in [2.75, 3.05) is 0 Å². The third-order valence-corrected chi connectivity index (χ3v) is 3.16. The number of H-pyrrole nitrogens is 1. The molecule has 3 rings (SSSR count). The molecule has 0 atom stereocenters. The van der Waals surface area contributed by atoms with Gasteiger partial charge in [0.2, 0.25) is 5.91 Å². The SMILES string of the molecule is O=C(NCc1[nH]ncc1C1CC1)C1CC1. The summed E-state index contributed by atoms with van der Waals surface area (Å²) in [6, 6.07) is 0. The highest BCUT2D eigenvalue weighted by atomic mass is 16.2. The van der Waals surface area contributed by atoms with Crippen LogP contribution >= 0.6 is 0 Å². The molecule has 0 aliphatic heterocycles. The van der Waals surface area contributed by atoms with Gasteiger partial charge in [-0.1, -0.05) is 0 Å². The maximum absolute atomic E-state index is 11.5. The molecule has 0 aromatic carbocycles. The lowest BCUT2D eigenvalue weighted by Gasteiger charge is -2.04. The quantitative estimate of drug-likeness (QED) is 0.778. The zero-order valence-corrected chi connectivity index (χ0v) is 8.62. The lowest BCUT2D eigenvalue weighted by atomic mass is 10.1. The van der Waals surface area contributed by atoms with Gasteiger partial charge in [0.05, 0.1) is 18.4 Å². The van der Waals surface area contributed by atoms with E-state index in [2.05, 4.69) is 15.5 Å². The lowest BCUT2D eigenvalue weighted by Crippen LogP contribution is -2.24. The molecule has 1 aromatic heterocycles. The van der Waals surface area contributed by atoms with Crippen molar-refractivity contribution in [3.63, 3.8) is 0 Å². The molecule has 80 valence electrons. The van der Waals surface area contributed by atoms with E-state index in [1.807, 2.05) is 6.20 Å². The topological polar surface area (TPSA) is 57.8 Å². The first-order chi connectivity index (χ1) is 7.34. The second-order valence-electron chi connectivity index (χ2n) is 4.57. The van der Waals surface area contributed by atoms with Gasteiger partial charge in [0, 0.05) is 5.92 Å². The molecule has 4 nitrogen and oxygen atoms in total. The summed E-state index contributed by atoms with van der Waals surface area (Å²) in [5.41, 5.74) is 2.39. The number of amides is 1. The summed E-state index contributed by atoms with van der Waals surface area (Å²) in [6.45, 7) is 0.612. The van der Waals surface area contributed by atoms with Crippen molar-refractivity contribution < 1.29 is 4.79 Å². The zero-order valence-electron chi connectivity index (χ0n) is 8.62. The van der Waals surface area contributed by atoms with Crippen LogP contribution in [0.5, 0.6) is 0 Å². The predicted octanol–water partition coefficient (Wildman–Crippen LogP) is 1.31. The molecule has 2 aliphatic rings. The van der Waals surface area contributed by atoms with E-state index in [0.29, 0.717) is 12.5 Å². The average molecular weight is 205 g/mol. The van der Waals surface area contributed by atoms with E-state index in [0.717, 1.165) is 18.5 Å². The highest BCUT2D eigenvalue weighted by molar-refractivity contribution is 5.80. The summed E-state index contributed by atoms with van der Waals surface area (Å²) in [5.74, 6) is 1.18. The van der Waals surface area contributed by atoms with Crippen LogP contribution in [0, 0.1) is 5.92 Å². The van der Waals surface area contributed by atoms with E-state index >= 15 is 0 Å². The van der Waals surface area contributed by atoms with Crippen molar-refractivity contribution in [1.29, 1.82) is 0 Å². The van der Waals surface area contributed by atoms with Crippen LogP contribution in [0.1, 0.15) is 42.9 Å². The predicted molar refractivity (Wildman–Crippen MR) is 55.1 cm³/mol. The molecule has 1 heterocycles. The van der Waals surface area contributed by atoms with Crippen LogP contribution < -0.4 is 5.32 Å². The highest BCUT2D eigenvalue weighted by Gasteiger charge is 2.30. The molecule has 15 heavy (non-hydrogen) atoms. The van der Waals surface area contributed by atoms with Crippen LogP contribution in [0.3, 0.4) is 0 Å². The molecule has 2 fully saturated rings. The van der Waals surface area contributed by atoms with Gasteiger partial charge in [-0.3, -0.25) is 9.89 Å². The van der Waals surface area contributed by atoms with Gasteiger partial charge in [-0.25, -0.2) is 0 Å². The smallest absolute Gasteiger partial charge is 0.223 e. The fourth-order valence-corrected chi connectivity index (χ4v) is 1.88. The van der Waals surface area contributed by atoms with Gasteiger partial charge >= 0.3 is 0 Å². The van der Waals surface area contributed by atoms with Crippen molar-refractivity contribution >= 4 is 5.91 Å². The van der Waals surface area contributed by atoms with Gasteiger partial charge in [-0.15, -0.1) is 0 Å². The number of aromatic amines is 1. The Morgan fingerprint density at radius 3 is 2.93 bits per heavy atom. The van der Waals surface area contributed by atoms with E-state index in [-0.39, 0.29) is 11.8 Å². The van der Waals surface area contributed by atoms with Crippen molar-refractivity contribution in [1.82, 2.24) is 15.5 Å². The Balaban J connectivity index is 1.60. The molecule has 1 aromatic rings. The second kappa shape index (κ2) is 3.36. The Bertz CT molecular complexity index is 377. The number of carbonyl (C=O) groups is 1. The molecule has 0 radical (unpaired) electrons. The number of nitrogens with zero attached hydrogens (tertiary/aromatic N) is 1. The maximum atomic E-state index is 11.5. The van der Waals surface area contributed by atoms with Crippen LogP contribution in [-0.2, 0) is 11.3 Å². The van der Waals surface area contributed by atoms with E-state index < -0.39 is 0 Å². The third kappa shape index (κ3) is 1.89. The summed E-state index contributed by atoms with van der Waals surface area (Å²) in [6.07, 6.45) is 6.55. The van der Waals surface area contributed by atoms with Crippen LogP contribution in [0.2, 0.25) is 0 Å². The molecule has 2 saturated carbocycles. The minimum atomic E-state index is 0.200. The summed E-state index contributed by atoms with van der Waals surface area (Å²) >= 11 is 0. The first kappa shape index (κ1) is 8.95. The summed E-state index contributed by atoms with van der Waals surface area (Å²) < 4.78 is 0. The van der Waals surface area contributed by atoms with Gasteiger partial charge in [0.25, 0.3) is 0 Å². The van der Waals surface area contributed by atoms with Crippen molar-refractivity contribution in [2.45, 2.75) is 38.1 Å². The number of aromatic nitrogens is 2. The summed E-state index contributed by atoms with van der Waals surface area (Å²) in [5, 5.41) is 9.98. The highest BCUT2D eigenvalue weighted by Crippen LogP contribution is 2.41. The zero-order chi connectivity index (χ0) is 10.3. The van der Waals surface area contributed by atoms with Crippen LogP contribution in [0.15, 0.2) is 6.20 Å². The third-order valence-electron chi connectivity index (χ3n) is 3.16. The van der Waals surface area contributed by atoms with Crippen molar-refractivity contribution in [2.24, 2.45) is 5.92 Å². The van der Waals surface area contributed by atoms with Crippen molar-refractivity contribution in [3.05, 3.63) is 17.5 Å². The minimum absolute atomic E-state index is 0.200. The fraction of sp³-hybridized carbons (Fsp3) is 0.636. The Morgan fingerprint density at radius 2 is 2.27 bits per heavy atom. The number of carbonyl (C=O) groups excluding carboxylic acids is 1. The van der Waals surface area contributed by atoms with Crippen LogP contribution in [0.4, 0.5) is 0 Å². The lowest BCUT2D eigenvalue weighted by molar-refractivity contribution is -0.122. The standard InChI is InChI=1S/C11H15N3O/c15-11(8-3-4-8)12-6-10-9(5-13-14-10)7-1-2-7/h5,7-8H,1-4,6H2,(H,12,15)(H,13,14). The molecule has 1 amide bonds.